The van der Waals surface area contributed by atoms with Crippen molar-refractivity contribution in [2.24, 2.45) is 0 Å². The molecular weight excluding hydrogens is 176 g/mol. The number of H-pyrrole nitrogens is 1. The van der Waals surface area contributed by atoms with Gasteiger partial charge in [0.2, 0.25) is 5.82 Å². The standard InChI is InChI=1S/C8H3F2N3/c9-4-1-6-7(2-5(4)10)13-8(3-11)12-6/h1-2H,(H,12,13). The van der Waals surface area contributed by atoms with Gasteiger partial charge in [0.15, 0.2) is 11.6 Å². The Labute approximate surface area is 71.6 Å². The van der Waals surface area contributed by atoms with E-state index in [-0.39, 0.29) is 11.3 Å². The van der Waals surface area contributed by atoms with Crippen molar-refractivity contribution in [1.29, 1.82) is 5.26 Å². The van der Waals surface area contributed by atoms with Crippen molar-refractivity contribution in [3.05, 3.63) is 29.6 Å². The Morgan fingerprint density at radius 2 is 2.00 bits per heavy atom. The number of nitrogens with one attached hydrogen (secondary N) is 1. The van der Waals surface area contributed by atoms with E-state index in [1.165, 1.54) is 0 Å². The van der Waals surface area contributed by atoms with Crippen molar-refractivity contribution >= 4 is 11.0 Å². The molecule has 1 N–H and O–H groups in total. The number of fused-ring (bicyclic) bond motifs is 1. The van der Waals surface area contributed by atoms with Crippen molar-refractivity contribution in [3.8, 4) is 6.07 Å². The molecule has 2 rings (SSSR count). The van der Waals surface area contributed by atoms with Gasteiger partial charge in [0.1, 0.15) is 6.07 Å². The lowest BCUT2D eigenvalue weighted by Crippen LogP contribution is -1.82. The van der Waals surface area contributed by atoms with Gasteiger partial charge in [-0.15, -0.1) is 0 Å². The minimum absolute atomic E-state index is 0.0417. The van der Waals surface area contributed by atoms with Crippen molar-refractivity contribution in [3.63, 3.8) is 0 Å². The number of imidazole rings is 1. The topological polar surface area (TPSA) is 52.5 Å². The molecule has 1 heterocycles. The molecule has 0 aliphatic rings. The van der Waals surface area contributed by atoms with Crippen LogP contribution in [0, 0.1) is 23.0 Å². The zero-order chi connectivity index (χ0) is 9.42. The van der Waals surface area contributed by atoms with Crippen LogP contribution in [0.25, 0.3) is 11.0 Å². The number of halogens is 2. The minimum atomic E-state index is -0.969. The summed E-state index contributed by atoms with van der Waals surface area (Å²) in [6.07, 6.45) is 0. The summed E-state index contributed by atoms with van der Waals surface area (Å²) in [6, 6.07) is 3.66. The number of nitriles is 1. The SMILES string of the molecule is N#Cc1nc2cc(F)c(F)cc2[nH]1. The fourth-order valence-corrected chi connectivity index (χ4v) is 1.06. The van der Waals surface area contributed by atoms with Gasteiger partial charge in [0.25, 0.3) is 0 Å². The molecule has 0 spiro atoms. The zero-order valence-corrected chi connectivity index (χ0v) is 6.31. The summed E-state index contributed by atoms with van der Waals surface area (Å²) >= 11 is 0. The highest BCUT2D eigenvalue weighted by molar-refractivity contribution is 5.75. The van der Waals surface area contributed by atoms with E-state index in [4.69, 9.17) is 5.26 Å². The highest BCUT2D eigenvalue weighted by Crippen LogP contribution is 2.15. The molecule has 3 nitrogen and oxygen atoms in total. The first-order valence-electron chi connectivity index (χ1n) is 3.45. The normalized spacial score (nSPS) is 10.2. The van der Waals surface area contributed by atoms with Gasteiger partial charge in [-0.2, -0.15) is 5.26 Å². The monoisotopic (exact) mass is 179 g/mol. The van der Waals surface area contributed by atoms with Crippen LogP contribution in [0.15, 0.2) is 12.1 Å². The average molecular weight is 179 g/mol. The van der Waals surface area contributed by atoms with Crippen LogP contribution in [0.4, 0.5) is 8.78 Å². The highest BCUT2D eigenvalue weighted by Gasteiger charge is 2.07. The summed E-state index contributed by atoms with van der Waals surface area (Å²) in [5, 5.41) is 8.45. The third-order valence-corrected chi connectivity index (χ3v) is 1.63. The summed E-state index contributed by atoms with van der Waals surface area (Å²) in [7, 11) is 0. The van der Waals surface area contributed by atoms with Crippen LogP contribution in [0.1, 0.15) is 5.82 Å². The average Bonchev–Trinajstić information content (AvgIpc) is 2.48. The molecule has 0 saturated carbocycles. The number of benzene rings is 1. The summed E-state index contributed by atoms with van der Waals surface area (Å²) in [6.45, 7) is 0. The molecule has 0 saturated heterocycles. The largest absolute Gasteiger partial charge is 0.329 e. The second-order valence-corrected chi connectivity index (χ2v) is 2.48. The molecule has 13 heavy (non-hydrogen) atoms. The van der Waals surface area contributed by atoms with Crippen LogP contribution in [0.2, 0.25) is 0 Å². The number of nitrogens with zero attached hydrogens (tertiary/aromatic N) is 2. The van der Waals surface area contributed by atoms with Gasteiger partial charge in [-0.3, -0.25) is 0 Å². The lowest BCUT2D eigenvalue weighted by Gasteiger charge is -1.90. The van der Waals surface area contributed by atoms with Crippen LogP contribution in [0.5, 0.6) is 0 Å². The molecule has 0 aliphatic heterocycles. The Balaban J connectivity index is 2.79. The van der Waals surface area contributed by atoms with Gasteiger partial charge in [-0.25, -0.2) is 13.8 Å². The lowest BCUT2D eigenvalue weighted by atomic mass is 10.3. The minimum Gasteiger partial charge on any atom is -0.329 e. The molecule has 0 unspecified atom stereocenters. The van der Waals surface area contributed by atoms with Gasteiger partial charge in [-0.1, -0.05) is 0 Å². The van der Waals surface area contributed by atoms with E-state index in [0.29, 0.717) is 5.52 Å². The maximum Gasteiger partial charge on any atom is 0.211 e. The number of rotatable bonds is 0. The first-order valence-corrected chi connectivity index (χ1v) is 3.45. The van der Waals surface area contributed by atoms with Crippen LogP contribution >= 0.6 is 0 Å². The van der Waals surface area contributed by atoms with Gasteiger partial charge in [-0.05, 0) is 0 Å². The summed E-state index contributed by atoms with van der Waals surface area (Å²) in [5.74, 6) is -1.89. The van der Waals surface area contributed by atoms with E-state index in [9.17, 15) is 8.78 Å². The predicted molar refractivity (Wildman–Crippen MR) is 40.7 cm³/mol. The molecule has 0 bridgehead atoms. The predicted octanol–water partition coefficient (Wildman–Crippen LogP) is 1.71. The van der Waals surface area contributed by atoms with Gasteiger partial charge < -0.3 is 4.98 Å². The lowest BCUT2D eigenvalue weighted by molar-refractivity contribution is 0.510. The fourth-order valence-electron chi connectivity index (χ4n) is 1.06. The Kier molecular flexibility index (Phi) is 1.49. The molecule has 1 aromatic heterocycles. The van der Waals surface area contributed by atoms with E-state index in [1.54, 1.807) is 6.07 Å². The molecule has 5 heteroatoms. The van der Waals surface area contributed by atoms with E-state index < -0.39 is 11.6 Å². The molecule has 2 aromatic rings. The Morgan fingerprint density at radius 3 is 2.69 bits per heavy atom. The van der Waals surface area contributed by atoms with Gasteiger partial charge in [0.05, 0.1) is 11.0 Å². The Hall–Kier alpha value is -1.96. The zero-order valence-electron chi connectivity index (χ0n) is 6.31. The van der Waals surface area contributed by atoms with Crippen LogP contribution < -0.4 is 0 Å². The maximum atomic E-state index is 12.7. The molecule has 0 atom stereocenters. The molecule has 0 radical (unpaired) electrons. The third-order valence-electron chi connectivity index (χ3n) is 1.63. The van der Waals surface area contributed by atoms with E-state index in [1.807, 2.05) is 0 Å². The molecule has 0 amide bonds. The summed E-state index contributed by atoms with van der Waals surface area (Å²) in [4.78, 5) is 6.24. The first kappa shape index (κ1) is 7.68. The molecule has 64 valence electrons. The first-order chi connectivity index (χ1) is 6.20. The molecular formula is C8H3F2N3. The van der Waals surface area contributed by atoms with Crippen LogP contribution in [-0.4, -0.2) is 9.97 Å². The number of aromatic amines is 1. The van der Waals surface area contributed by atoms with Crippen molar-refractivity contribution in [2.75, 3.05) is 0 Å². The summed E-state index contributed by atoms with van der Waals surface area (Å²) < 4.78 is 25.3. The fraction of sp³-hybridized carbons (Fsp3) is 0. The van der Waals surface area contributed by atoms with Crippen molar-refractivity contribution in [2.45, 2.75) is 0 Å². The smallest absolute Gasteiger partial charge is 0.211 e. The highest BCUT2D eigenvalue weighted by atomic mass is 19.2. The number of hydrogen-bond acceptors (Lipinski definition) is 2. The second-order valence-electron chi connectivity index (χ2n) is 2.48. The third kappa shape index (κ3) is 1.12. The molecule has 1 aromatic carbocycles. The maximum absolute atomic E-state index is 12.7. The van der Waals surface area contributed by atoms with Gasteiger partial charge in [0, 0.05) is 12.1 Å². The van der Waals surface area contributed by atoms with E-state index in [2.05, 4.69) is 9.97 Å². The Bertz CT molecular complexity index is 471. The molecule has 0 aliphatic carbocycles. The van der Waals surface area contributed by atoms with Gasteiger partial charge >= 0.3 is 0 Å². The van der Waals surface area contributed by atoms with Crippen LogP contribution in [0.3, 0.4) is 0 Å². The second kappa shape index (κ2) is 2.52. The van der Waals surface area contributed by atoms with E-state index in [0.717, 1.165) is 12.1 Å². The van der Waals surface area contributed by atoms with Crippen molar-refractivity contribution in [1.82, 2.24) is 9.97 Å². The van der Waals surface area contributed by atoms with E-state index >= 15 is 0 Å². The number of aromatic nitrogens is 2. The van der Waals surface area contributed by atoms with Crippen LogP contribution in [-0.2, 0) is 0 Å². The number of hydrogen-bond donors (Lipinski definition) is 1. The Morgan fingerprint density at radius 1 is 1.31 bits per heavy atom. The summed E-state index contributed by atoms with van der Waals surface area (Å²) in [5.41, 5.74) is 0.561. The van der Waals surface area contributed by atoms with Crippen molar-refractivity contribution < 1.29 is 8.78 Å². The quantitative estimate of drug-likeness (QED) is 0.669. The molecule has 0 fully saturated rings.